The van der Waals surface area contributed by atoms with E-state index in [-0.39, 0.29) is 5.15 Å². The Morgan fingerprint density at radius 2 is 1.71 bits per heavy atom. The van der Waals surface area contributed by atoms with E-state index in [1.807, 2.05) is 30.3 Å². The van der Waals surface area contributed by atoms with Crippen molar-refractivity contribution in [3.8, 4) is 11.4 Å². The van der Waals surface area contributed by atoms with Crippen LogP contribution in [0.15, 0.2) is 36.5 Å². The van der Waals surface area contributed by atoms with Gasteiger partial charge in [0.15, 0.2) is 11.0 Å². The topological polar surface area (TPSA) is 25.8 Å². The predicted molar refractivity (Wildman–Crippen MR) is 57.5 cm³/mol. The standard InChI is InChI=1S/C10H6Cl2N2/c11-8-6-13-10(14-9(8)12)7-4-2-1-3-5-7/h1-6H. The Morgan fingerprint density at radius 3 is 2.36 bits per heavy atom. The van der Waals surface area contributed by atoms with Gasteiger partial charge in [-0.3, -0.25) is 0 Å². The highest BCUT2D eigenvalue weighted by atomic mass is 35.5. The molecule has 70 valence electrons. The second kappa shape index (κ2) is 3.95. The SMILES string of the molecule is Clc1cnc(-c2ccccc2)nc1Cl. The minimum atomic E-state index is 0.278. The zero-order valence-electron chi connectivity index (χ0n) is 7.11. The molecule has 0 fully saturated rings. The van der Waals surface area contributed by atoms with E-state index in [1.165, 1.54) is 6.20 Å². The van der Waals surface area contributed by atoms with Crippen LogP contribution in [0.1, 0.15) is 0 Å². The molecule has 0 bridgehead atoms. The van der Waals surface area contributed by atoms with Gasteiger partial charge in [-0.05, 0) is 0 Å². The van der Waals surface area contributed by atoms with Crippen molar-refractivity contribution in [1.82, 2.24) is 9.97 Å². The lowest BCUT2D eigenvalue weighted by Crippen LogP contribution is -1.88. The van der Waals surface area contributed by atoms with Crippen LogP contribution in [0.2, 0.25) is 10.2 Å². The molecule has 1 heterocycles. The smallest absolute Gasteiger partial charge is 0.160 e. The molecule has 0 unspecified atom stereocenters. The first-order valence-electron chi connectivity index (χ1n) is 4.01. The van der Waals surface area contributed by atoms with Gasteiger partial charge in [-0.1, -0.05) is 53.5 Å². The van der Waals surface area contributed by atoms with Gasteiger partial charge in [0.1, 0.15) is 0 Å². The summed E-state index contributed by atoms with van der Waals surface area (Å²) >= 11 is 11.5. The van der Waals surface area contributed by atoms with Crippen molar-refractivity contribution in [3.05, 3.63) is 46.7 Å². The number of nitrogens with zero attached hydrogens (tertiary/aromatic N) is 2. The summed E-state index contributed by atoms with van der Waals surface area (Å²) in [5.41, 5.74) is 0.922. The maximum atomic E-state index is 5.78. The van der Waals surface area contributed by atoms with E-state index in [1.54, 1.807) is 0 Å². The third-order valence-corrected chi connectivity index (χ3v) is 2.39. The first kappa shape index (κ1) is 9.44. The predicted octanol–water partition coefficient (Wildman–Crippen LogP) is 3.45. The van der Waals surface area contributed by atoms with Crippen LogP contribution in [0, 0.1) is 0 Å². The fraction of sp³-hybridized carbons (Fsp3) is 0. The molecule has 0 atom stereocenters. The summed E-state index contributed by atoms with van der Waals surface area (Å²) in [6.07, 6.45) is 1.50. The first-order valence-corrected chi connectivity index (χ1v) is 4.76. The number of rotatable bonds is 1. The quantitative estimate of drug-likeness (QED) is 0.694. The van der Waals surface area contributed by atoms with Crippen molar-refractivity contribution in [1.29, 1.82) is 0 Å². The molecule has 4 heteroatoms. The van der Waals surface area contributed by atoms with Crippen LogP contribution in [0.5, 0.6) is 0 Å². The molecule has 0 radical (unpaired) electrons. The zero-order valence-corrected chi connectivity index (χ0v) is 8.63. The number of aromatic nitrogens is 2. The average molecular weight is 225 g/mol. The number of halogens is 2. The van der Waals surface area contributed by atoms with Gasteiger partial charge >= 0.3 is 0 Å². The monoisotopic (exact) mass is 224 g/mol. The number of hydrogen-bond acceptors (Lipinski definition) is 2. The Morgan fingerprint density at radius 1 is 1.00 bits per heavy atom. The van der Waals surface area contributed by atoms with E-state index in [9.17, 15) is 0 Å². The lowest BCUT2D eigenvalue weighted by atomic mass is 10.2. The van der Waals surface area contributed by atoms with Gasteiger partial charge in [-0.25, -0.2) is 9.97 Å². The van der Waals surface area contributed by atoms with Gasteiger partial charge in [-0.2, -0.15) is 0 Å². The molecule has 14 heavy (non-hydrogen) atoms. The molecule has 2 aromatic rings. The lowest BCUT2D eigenvalue weighted by Gasteiger charge is -2.00. The first-order chi connectivity index (χ1) is 6.77. The van der Waals surface area contributed by atoms with Gasteiger partial charge in [-0.15, -0.1) is 0 Å². The average Bonchev–Trinajstić information content (AvgIpc) is 2.23. The summed E-state index contributed by atoms with van der Waals surface area (Å²) < 4.78 is 0. The fourth-order valence-corrected chi connectivity index (χ4v) is 1.29. The molecule has 1 aromatic heterocycles. The highest BCUT2D eigenvalue weighted by molar-refractivity contribution is 6.41. The summed E-state index contributed by atoms with van der Waals surface area (Å²) in [4.78, 5) is 8.15. The van der Waals surface area contributed by atoms with Crippen molar-refractivity contribution in [3.63, 3.8) is 0 Å². The summed E-state index contributed by atoms with van der Waals surface area (Å²) in [5.74, 6) is 0.583. The minimum Gasteiger partial charge on any atom is -0.235 e. The van der Waals surface area contributed by atoms with Crippen LogP contribution < -0.4 is 0 Å². The van der Waals surface area contributed by atoms with Crippen molar-refractivity contribution in [2.45, 2.75) is 0 Å². The number of hydrogen-bond donors (Lipinski definition) is 0. The Balaban J connectivity index is 2.48. The van der Waals surface area contributed by atoms with Gasteiger partial charge in [0.2, 0.25) is 0 Å². The van der Waals surface area contributed by atoms with Crippen LogP contribution >= 0.6 is 23.2 Å². The number of benzene rings is 1. The molecule has 1 aromatic carbocycles. The second-order valence-corrected chi connectivity index (χ2v) is 3.46. The van der Waals surface area contributed by atoms with Gasteiger partial charge in [0, 0.05) is 5.56 Å². The van der Waals surface area contributed by atoms with Crippen LogP contribution in [-0.2, 0) is 0 Å². The van der Waals surface area contributed by atoms with Crippen molar-refractivity contribution < 1.29 is 0 Å². The molecule has 2 rings (SSSR count). The molecule has 0 aliphatic heterocycles. The summed E-state index contributed by atoms with van der Waals surface area (Å²) in [6.45, 7) is 0. The third-order valence-electron chi connectivity index (χ3n) is 1.73. The summed E-state index contributed by atoms with van der Waals surface area (Å²) in [7, 11) is 0. The van der Waals surface area contributed by atoms with E-state index in [4.69, 9.17) is 23.2 Å². The van der Waals surface area contributed by atoms with Gasteiger partial charge in [0.25, 0.3) is 0 Å². The molecule has 0 amide bonds. The van der Waals surface area contributed by atoms with Crippen LogP contribution in [0.3, 0.4) is 0 Å². The van der Waals surface area contributed by atoms with E-state index in [2.05, 4.69) is 9.97 Å². The lowest BCUT2D eigenvalue weighted by molar-refractivity contribution is 1.18. The van der Waals surface area contributed by atoms with E-state index in [0.29, 0.717) is 10.8 Å². The molecule has 0 saturated carbocycles. The van der Waals surface area contributed by atoms with Crippen LogP contribution in [0.25, 0.3) is 11.4 Å². The van der Waals surface area contributed by atoms with Crippen molar-refractivity contribution in [2.24, 2.45) is 0 Å². The Labute approximate surface area is 91.5 Å². The molecule has 0 saturated heterocycles. The van der Waals surface area contributed by atoms with E-state index < -0.39 is 0 Å². The molecular weight excluding hydrogens is 219 g/mol. The van der Waals surface area contributed by atoms with Gasteiger partial charge in [0.05, 0.1) is 11.2 Å². The normalized spacial score (nSPS) is 10.1. The maximum Gasteiger partial charge on any atom is 0.160 e. The summed E-state index contributed by atoms with van der Waals surface area (Å²) in [5, 5.41) is 0.645. The van der Waals surface area contributed by atoms with E-state index >= 15 is 0 Å². The second-order valence-electron chi connectivity index (χ2n) is 2.70. The van der Waals surface area contributed by atoms with Gasteiger partial charge < -0.3 is 0 Å². The van der Waals surface area contributed by atoms with Crippen LogP contribution in [-0.4, -0.2) is 9.97 Å². The zero-order chi connectivity index (χ0) is 9.97. The molecule has 2 nitrogen and oxygen atoms in total. The Kier molecular flexibility index (Phi) is 2.66. The van der Waals surface area contributed by atoms with Crippen molar-refractivity contribution in [2.75, 3.05) is 0 Å². The largest absolute Gasteiger partial charge is 0.235 e. The molecule has 0 aliphatic rings. The maximum absolute atomic E-state index is 5.78. The third kappa shape index (κ3) is 1.86. The summed E-state index contributed by atoms with van der Waals surface area (Å²) in [6, 6.07) is 9.60. The minimum absolute atomic E-state index is 0.278. The molecule has 0 spiro atoms. The molecular formula is C10H6Cl2N2. The highest BCUT2D eigenvalue weighted by Gasteiger charge is 2.03. The molecule has 0 N–H and O–H groups in total. The Bertz CT molecular complexity index is 443. The highest BCUT2D eigenvalue weighted by Crippen LogP contribution is 2.21. The fourth-order valence-electron chi connectivity index (χ4n) is 1.07. The Hall–Kier alpha value is -1.12. The van der Waals surface area contributed by atoms with Crippen molar-refractivity contribution >= 4 is 23.2 Å². The van der Waals surface area contributed by atoms with E-state index in [0.717, 1.165) is 5.56 Å². The van der Waals surface area contributed by atoms with Crippen LogP contribution in [0.4, 0.5) is 0 Å². The molecule has 0 aliphatic carbocycles.